The van der Waals surface area contributed by atoms with Crippen molar-refractivity contribution in [1.29, 1.82) is 0 Å². The van der Waals surface area contributed by atoms with E-state index < -0.39 is 9.84 Å². The summed E-state index contributed by atoms with van der Waals surface area (Å²) in [4.78, 5) is 14.6. The average molecular weight is 345 g/mol. The summed E-state index contributed by atoms with van der Waals surface area (Å²) in [5.41, 5.74) is 0.248. The minimum absolute atomic E-state index is 0.00996. The molecule has 0 aliphatic carbocycles. The SMILES string of the molecule is CCS(=O)(=O)c1ccc(Cl)c(C(=O)N2C[C@@H](C)N[C@@H](C)C2)c1. The molecule has 2 atom stereocenters. The minimum atomic E-state index is -3.36. The summed E-state index contributed by atoms with van der Waals surface area (Å²) in [6, 6.07) is 4.69. The maximum absolute atomic E-state index is 12.7. The van der Waals surface area contributed by atoms with Crippen molar-refractivity contribution in [3.05, 3.63) is 28.8 Å². The molecule has 2 rings (SSSR count). The molecule has 0 aromatic heterocycles. The molecule has 5 nitrogen and oxygen atoms in total. The highest BCUT2D eigenvalue weighted by Crippen LogP contribution is 2.23. The van der Waals surface area contributed by atoms with E-state index in [1.165, 1.54) is 18.2 Å². The summed E-state index contributed by atoms with van der Waals surface area (Å²) in [7, 11) is -3.36. The molecule has 0 saturated carbocycles. The molecule has 1 aromatic rings. The molecule has 1 saturated heterocycles. The number of carbonyl (C=O) groups is 1. The quantitative estimate of drug-likeness (QED) is 0.910. The highest BCUT2D eigenvalue weighted by molar-refractivity contribution is 7.91. The van der Waals surface area contributed by atoms with Crippen LogP contribution in [0.15, 0.2) is 23.1 Å². The van der Waals surface area contributed by atoms with Crippen LogP contribution >= 0.6 is 11.6 Å². The van der Waals surface area contributed by atoms with Gasteiger partial charge in [0, 0.05) is 25.2 Å². The van der Waals surface area contributed by atoms with Crippen molar-refractivity contribution in [3.63, 3.8) is 0 Å². The predicted octanol–water partition coefficient (Wildman–Crippen LogP) is 1.96. The summed E-state index contributed by atoms with van der Waals surface area (Å²) >= 11 is 6.12. The van der Waals surface area contributed by atoms with E-state index in [0.29, 0.717) is 13.1 Å². The Labute approximate surface area is 136 Å². The molecule has 7 heteroatoms. The van der Waals surface area contributed by atoms with Gasteiger partial charge in [-0.3, -0.25) is 4.79 Å². The second kappa shape index (κ2) is 6.56. The van der Waals surface area contributed by atoms with E-state index in [0.717, 1.165) is 0 Å². The van der Waals surface area contributed by atoms with Gasteiger partial charge >= 0.3 is 0 Å². The number of piperazine rings is 1. The van der Waals surface area contributed by atoms with Crippen LogP contribution in [0.25, 0.3) is 0 Å². The first-order valence-electron chi connectivity index (χ1n) is 7.32. The third-order valence-corrected chi connectivity index (χ3v) is 5.81. The Morgan fingerprint density at radius 1 is 1.32 bits per heavy atom. The fourth-order valence-corrected chi connectivity index (χ4v) is 3.80. The van der Waals surface area contributed by atoms with Gasteiger partial charge in [0.25, 0.3) is 5.91 Å². The number of sulfone groups is 1. The number of carbonyl (C=O) groups excluding carboxylic acids is 1. The third-order valence-electron chi connectivity index (χ3n) is 3.75. The molecule has 1 N–H and O–H groups in total. The van der Waals surface area contributed by atoms with Crippen LogP contribution in [0.2, 0.25) is 5.02 Å². The van der Waals surface area contributed by atoms with Gasteiger partial charge < -0.3 is 10.2 Å². The first-order chi connectivity index (χ1) is 10.2. The fourth-order valence-electron chi connectivity index (χ4n) is 2.69. The molecule has 1 aliphatic heterocycles. The van der Waals surface area contributed by atoms with Gasteiger partial charge in [-0.15, -0.1) is 0 Å². The van der Waals surface area contributed by atoms with Crippen molar-refractivity contribution in [2.45, 2.75) is 37.8 Å². The second-order valence-electron chi connectivity index (χ2n) is 5.72. The zero-order valence-corrected chi connectivity index (χ0v) is 14.5. The molecule has 1 amide bonds. The van der Waals surface area contributed by atoms with E-state index in [9.17, 15) is 13.2 Å². The number of hydrogen-bond donors (Lipinski definition) is 1. The average Bonchev–Trinajstić information content (AvgIpc) is 2.45. The normalized spacial score (nSPS) is 22.6. The second-order valence-corrected chi connectivity index (χ2v) is 8.41. The van der Waals surface area contributed by atoms with E-state index in [1.54, 1.807) is 11.8 Å². The van der Waals surface area contributed by atoms with Crippen LogP contribution in [0, 0.1) is 0 Å². The number of nitrogens with one attached hydrogen (secondary N) is 1. The van der Waals surface area contributed by atoms with E-state index >= 15 is 0 Å². The van der Waals surface area contributed by atoms with Crippen LogP contribution < -0.4 is 5.32 Å². The summed E-state index contributed by atoms with van der Waals surface area (Å²) in [6.07, 6.45) is 0. The Bertz CT molecular complexity index is 665. The van der Waals surface area contributed by atoms with Crippen molar-refractivity contribution in [2.75, 3.05) is 18.8 Å². The molecular formula is C15H21ClN2O3S. The number of nitrogens with zero attached hydrogens (tertiary/aromatic N) is 1. The first-order valence-corrected chi connectivity index (χ1v) is 9.35. The number of benzene rings is 1. The van der Waals surface area contributed by atoms with E-state index in [2.05, 4.69) is 5.32 Å². The highest BCUT2D eigenvalue weighted by atomic mass is 35.5. The van der Waals surface area contributed by atoms with Crippen LogP contribution in [-0.4, -0.2) is 50.2 Å². The van der Waals surface area contributed by atoms with Crippen LogP contribution in [0.4, 0.5) is 0 Å². The Kier molecular flexibility index (Phi) is 5.14. The zero-order chi connectivity index (χ0) is 16.5. The van der Waals surface area contributed by atoms with Crippen LogP contribution in [-0.2, 0) is 9.84 Å². The van der Waals surface area contributed by atoms with E-state index in [-0.39, 0.29) is 39.2 Å². The standard InChI is InChI=1S/C15H21ClN2O3S/c1-4-22(20,21)12-5-6-14(16)13(7-12)15(19)18-8-10(2)17-11(3)9-18/h5-7,10-11,17H,4,8-9H2,1-3H3/t10-,11+. The van der Waals surface area contributed by atoms with E-state index in [1.807, 2.05) is 13.8 Å². The summed E-state index contributed by atoms with van der Waals surface area (Å²) in [5, 5.41) is 3.63. The molecule has 22 heavy (non-hydrogen) atoms. The molecule has 0 radical (unpaired) electrons. The molecule has 1 heterocycles. The van der Waals surface area contributed by atoms with Crippen molar-refractivity contribution in [3.8, 4) is 0 Å². The monoisotopic (exact) mass is 344 g/mol. The van der Waals surface area contributed by atoms with Crippen molar-refractivity contribution in [2.24, 2.45) is 0 Å². The maximum atomic E-state index is 12.7. The van der Waals surface area contributed by atoms with Crippen LogP contribution in [0.3, 0.4) is 0 Å². The molecular weight excluding hydrogens is 324 g/mol. The number of amides is 1. The molecule has 0 unspecified atom stereocenters. The van der Waals surface area contributed by atoms with Crippen LogP contribution in [0.1, 0.15) is 31.1 Å². The molecule has 0 bridgehead atoms. The fraction of sp³-hybridized carbons (Fsp3) is 0.533. The minimum Gasteiger partial charge on any atom is -0.335 e. The smallest absolute Gasteiger partial charge is 0.255 e. The van der Waals surface area contributed by atoms with Gasteiger partial charge in [0.2, 0.25) is 0 Å². The lowest BCUT2D eigenvalue weighted by molar-refractivity contribution is 0.0673. The van der Waals surface area contributed by atoms with Gasteiger partial charge in [0.15, 0.2) is 9.84 Å². The topological polar surface area (TPSA) is 66.5 Å². The number of halogens is 1. The van der Waals surface area contributed by atoms with Crippen molar-refractivity contribution < 1.29 is 13.2 Å². The summed E-state index contributed by atoms with van der Waals surface area (Å²) < 4.78 is 24.0. The van der Waals surface area contributed by atoms with Gasteiger partial charge in [-0.1, -0.05) is 18.5 Å². The first kappa shape index (κ1) is 17.2. The van der Waals surface area contributed by atoms with Gasteiger partial charge in [-0.2, -0.15) is 0 Å². The zero-order valence-electron chi connectivity index (χ0n) is 13.0. The Morgan fingerprint density at radius 2 is 1.91 bits per heavy atom. The molecule has 1 aliphatic rings. The Hall–Kier alpha value is -1.11. The number of rotatable bonds is 3. The summed E-state index contributed by atoms with van der Waals surface area (Å²) in [5.74, 6) is -0.234. The third kappa shape index (κ3) is 3.62. The Balaban J connectivity index is 2.35. The lowest BCUT2D eigenvalue weighted by Crippen LogP contribution is -2.55. The molecule has 1 fully saturated rings. The van der Waals surface area contributed by atoms with Gasteiger partial charge in [0.05, 0.1) is 21.2 Å². The van der Waals surface area contributed by atoms with Crippen molar-refractivity contribution >= 4 is 27.3 Å². The molecule has 0 spiro atoms. The molecule has 122 valence electrons. The lowest BCUT2D eigenvalue weighted by atomic mass is 10.1. The van der Waals surface area contributed by atoms with Gasteiger partial charge in [-0.25, -0.2) is 8.42 Å². The lowest BCUT2D eigenvalue weighted by Gasteiger charge is -2.36. The highest BCUT2D eigenvalue weighted by Gasteiger charge is 2.27. The largest absolute Gasteiger partial charge is 0.335 e. The molecule has 1 aromatic carbocycles. The van der Waals surface area contributed by atoms with Gasteiger partial charge in [-0.05, 0) is 32.0 Å². The van der Waals surface area contributed by atoms with Crippen molar-refractivity contribution in [1.82, 2.24) is 10.2 Å². The van der Waals surface area contributed by atoms with Gasteiger partial charge in [0.1, 0.15) is 0 Å². The van der Waals surface area contributed by atoms with Crippen LogP contribution in [0.5, 0.6) is 0 Å². The Morgan fingerprint density at radius 3 is 2.45 bits per heavy atom. The maximum Gasteiger partial charge on any atom is 0.255 e. The number of hydrogen-bond acceptors (Lipinski definition) is 4. The van der Waals surface area contributed by atoms with E-state index in [4.69, 9.17) is 11.6 Å². The predicted molar refractivity (Wildman–Crippen MR) is 87.1 cm³/mol. The summed E-state index contributed by atoms with van der Waals surface area (Å²) in [6.45, 7) is 6.74.